The number of amides is 2. The van der Waals surface area contributed by atoms with E-state index < -0.39 is 0 Å². The first-order chi connectivity index (χ1) is 14.2. The van der Waals surface area contributed by atoms with E-state index in [1.54, 1.807) is 12.0 Å². The molecule has 2 aromatic carbocycles. The highest BCUT2D eigenvalue weighted by atomic mass is 16.5. The minimum atomic E-state index is -0.388. The molecule has 5 nitrogen and oxygen atoms in total. The molecule has 1 saturated heterocycles. The van der Waals surface area contributed by atoms with E-state index in [2.05, 4.69) is 18.2 Å². The molecule has 4 rings (SSSR count). The van der Waals surface area contributed by atoms with Gasteiger partial charge in [0, 0.05) is 26.1 Å². The van der Waals surface area contributed by atoms with Crippen LogP contribution in [0.5, 0.6) is 5.75 Å². The standard InChI is InChI=1S/C24H28N2O3/c1-29-21-10-6-7-18(15-21)16-26-22(11-4-5-12-23(26)27)24(28)25-14-13-19-8-2-3-9-20(19)17-25/h2-3,6-10,15,22H,4-5,11-14,16-17H2,1H3. The van der Waals surface area contributed by atoms with Gasteiger partial charge in [-0.2, -0.15) is 0 Å². The summed E-state index contributed by atoms with van der Waals surface area (Å²) < 4.78 is 5.32. The van der Waals surface area contributed by atoms with E-state index in [9.17, 15) is 9.59 Å². The monoisotopic (exact) mass is 392 g/mol. The number of ether oxygens (including phenoxy) is 1. The number of rotatable bonds is 4. The van der Waals surface area contributed by atoms with E-state index in [0.717, 1.165) is 37.0 Å². The number of hydrogen-bond donors (Lipinski definition) is 0. The van der Waals surface area contributed by atoms with E-state index in [-0.39, 0.29) is 17.9 Å². The molecule has 0 spiro atoms. The Labute approximate surface area is 172 Å². The number of nitrogens with zero attached hydrogens (tertiary/aromatic N) is 2. The molecule has 2 aromatic rings. The maximum atomic E-state index is 13.5. The molecule has 0 saturated carbocycles. The Kier molecular flexibility index (Phi) is 5.84. The minimum absolute atomic E-state index is 0.0704. The average Bonchev–Trinajstić information content (AvgIpc) is 2.94. The van der Waals surface area contributed by atoms with Crippen LogP contribution in [0.3, 0.4) is 0 Å². The van der Waals surface area contributed by atoms with Crippen LogP contribution in [0.25, 0.3) is 0 Å². The first-order valence-electron chi connectivity index (χ1n) is 10.4. The van der Waals surface area contributed by atoms with Crippen LogP contribution in [0.2, 0.25) is 0 Å². The van der Waals surface area contributed by atoms with Crippen molar-refractivity contribution in [1.82, 2.24) is 9.80 Å². The van der Waals surface area contributed by atoms with Gasteiger partial charge >= 0.3 is 0 Å². The lowest BCUT2D eigenvalue weighted by molar-refractivity contribution is -0.146. The van der Waals surface area contributed by atoms with Crippen LogP contribution in [0, 0.1) is 0 Å². The van der Waals surface area contributed by atoms with Crippen molar-refractivity contribution in [3.8, 4) is 5.75 Å². The smallest absolute Gasteiger partial charge is 0.245 e. The van der Waals surface area contributed by atoms with Gasteiger partial charge in [-0.05, 0) is 48.1 Å². The molecule has 0 aromatic heterocycles. The Hall–Kier alpha value is -2.82. The van der Waals surface area contributed by atoms with Crippen molar-refractivity contribution < 1.29 is 14.3 Å². The molecular formula is C24H28N2O3. The summed E-state index contributed by atoms with van der Waals surface area (Å²) >= 11 is 0. The van der Waals surface area contributed by atoms with Crippen molar-refractivity contribution in [2.75, 3.05) is 13.7 Å². The molecule has 0 radical (unpaired) electrons. The zero-order valence-electron chi connectivity index (χ0n) is 17.0. The summed E-state index contributed by atoms with van der Waals surface area (Å²) in [5.74, 6) is 0.916. The van der Waals surface area contributed by atoms with Gasteiger partial charge in [-0.3, -0.25) is 9.59 Å². The van der Waals surface area contributed by atoms with Gasteiger partial charge in [-0.15, -0.1) is 0 Å². The van der Waals surface area contributed by atoms with Crippen molar-refractivity contribution in [2.45, 2.75) is 51.2 Å². The van der Waals surface area contributed by atoms with Gasteiger partial charge in [0.25, 0.3) is 0 Å². The Morgan fingerprint density at radius 2 is 1.90 bits per heavy atom. The summed E-state index contributed by atoms with van der Waals surface area (Å²) in [4.78, 5) is 30.1. The third-order valence-electron chi connectivity index (χ3n) is 6.03. The zero-order valence-corrected chi connectivity index (χ0v) is 17.0. The number of carbonyl (C=O) groups excluding carboxylic acids is 2. The molecule has 0 bridgehead atoms. The number of likely N-dealkylation sites (tertiary alicyclic amines) is 1. The molecule has 1 unspecified atom stereocenters. The minimum Gasteiger partial charge on any atom is -0.497 e. The number of methoxy groups -OCH3 is 1. The van der Waals surface area contributed by atoms with Crippen LogP contribution in [0.1, 0.15) is 42.4 Å². The summed E-state index contributed by atoms with van der Waals surface area (Å²) in [6.07, 6.45) is 3.86. The Morgan fingerprint density at radius 1 is 1.07 bits per heavy atom. The fraction of sp³-hybridized carbons (Fsp3) is 0.417. The highest BCUT2D eigenvalue weighted by Crippen LogP contribution is 2.26. The summed E-state index contributed by atoms with van der Waals surface area (Å²) in [5.41, 5.74) is 3.52. The van der Waals surface area contributed by atoms with Crippen LogP contribution >= 0.6 is 0 Å². The Balaban J connectivity index is 1.55. The predicted molar refractivity (Wildman–Crippen MR) is 111 cm³/mol. The second-order valence-electron chi connectivity index (χ2n) is 7.91. The molecule has 0 N–H and O–H groups in total. The molecule has 1 fully saturated rings. The lowest BCUT2D eigenvalue weighted by Crippen LogP contribution is -2.51. The SMILES string of the molecule is COc1cccc(CN2C(=O)CCCCC2C(=O)N2CCc3ccccc3C2)c1. The van der Waals surface area contributed by atoms with E-state index in [4.69, 9.17) is 4.74 Å². The van der Waals surface area contributed by atoms with Gasteiger partial charge < -0.3 is 14.5 Å². The molecule has 2 aliphatic rings. The van der Waals surface area contributed by atoms with Crippen LogP contribution in [0.4, 0.5) is 0 Å². The molecular weight excluding hydrogens is 364 g/mol. The highest BCUT2D eigenvalue weighted by Gasteiger charge is 2.35. The van der Waals surface area contributed by atoms with Gasteiger partial charge in [0.2, 0.25) is 11.8 Å². The van der Waals surface area contributed by atoms with E-state index in [0.29, 0.717) is 26.1 Å². The Bertz CT molecular complexity index is 895. The Morgan fingerprint density at radius 3 is 2.72 bits per heavy atom. The van der Waals surface area contributed by atoms with Crippen LogP contribution in [0.15, 0.2) is 48.5 Å². The maximum Gasteiger partial charge on any atom is 0.245 e. The second kappa shape index (κ2) is 8.68. The first-order valence-corrected chi connectivity index (χ1v) is 10.4. The fourth-order valence-electron chi connectivity index (χ4n) is 4.40. The van der Waals surface area contributed by atoms with Gasteiger partial charge in [0.15, 0.2) is 0 Å². The quantitative estimate of drug-likeness (QED) is 0.800. The maximum absolute atomic E-state index is 13.5. The number of benzene rings is 2. The first kappa shape index (κ1) is 19.5. The van der Waals surface area contributed by atoms with E-state index in [1.165, 1.54) is 11.1 Å². The molecule has 152 valence electrons. The van der Waals surface area contributed by atoms with Crippen molar-refractivity contribution >= 4 is 11.8 Å². The van der Waals surface area contributed by atoms with Crippen molar-refractivity contribution in [1.29, 1.82) is 0 Å². The summed E-state index contributed by atoms with van der Waals surface area (Å²) in [5, 5.41) is 0. The lowest BCUT2D eigenvalue weighted by atomic mass is 9.98. The topological polar surface area (TPSA) is 49.9 Å². The largest absolute Gasteiger partial charge is 0.497 e. The molecule has 29 heavy (non-hydrogen) atoms. The van der Waals surface area contributed by atoms with Gasteiger partial charge in [0.1, 0.15) is 11.8 Å². The molecule has 2 amide bonds. The van der Waals surface area contributed by atoms with Crippen LogP contribution in [-0.4, -0.2) is 41.3 Å². The summed E-state index contributed by atoms with van der Waals surface area (Å²) in [7, 11) is 1.64. The average molecular weight is 392 g/mol. The second-order valence-corrected chi connectivity index (χ2v) is 7.91. The fourth-order valence-corrected chi connectivity index (χ4v) is 4.40. The predicted octanol–water partition coefficient (Wildman–Crippen LogP) is 3.55. The van der Waals surface area contributed by atoms with Crippen molar-refractivity contribution in [3.05, 3.63) is 65.2 Å². The number of fused-ring (bicyclic) bond motifs is 1. The molecule has 1 atom stereocenters. The number of hydrogen-bond acceptors (Lipinski definition) is 3. The molecule has 5 heteroatoms. The van der Waals surface area contributed by atoms with Crippen LogP contribution < -0.4 is 4.74 Å². The van der Waals surface area contributed by atoms with Crippen molar-refractivity contribution in [3.63, 3.8) is 0 Å². The van der Waals surface area contributed by atoms with Gasteiger partial charge in [-0.25, -0.2) is 0 Å². The normalized spacial score (nSPS) is 19.5. The molecule has 0 aliphatic carbocycles. The third kappa shape index (κ3) is 4.29. The van der Waals surface area contributed by atoms with Crippen molar-refractivity contribution in [2.24, 2.45) is 0 Å². The van der Waals surface area contributed by atoms with Crippen LogP contribution in [-0.2, 0) is 29.1 Å². The van der Waals surface area contributed by atoms with Gasteiger partial charge in [-0.1, -0.05) is 42.8 Å². The third-order valence-corrected chi connectivity index (χ3v) is 6.03. The van der Waals surface area contributed by atoms with E-state index >= 15 is 0 Å². The molecule has 2 aliphatic heterocycles. The number of carbonyl (C=O) groups is 2. The highest BCUT2D eigenvalue weighted by molar-refractivity contribution is 5.88. The summed E-state index contributed by atoms with van der Waals surface area (Å²) in [6, 6.07) is 15.7. The summed E-state index contributed by atoms with van der Waals surface area (Å²) in [6.45, 7) is 1.79. The lowest BCUT2D eigenvalue weighted by Gasteiger charge is -2.36. The molecule has 2 heterocycles. The van der Waals surface area contributed by atoms with E-state index in [1.807, 2.05) is 35.2 Å². The van der Waals surface area contributed by atoms with Gasteiger partial charge in [0.05, 0.1) is 7.11 Å². The zero-order chi connectivity index (χ0) is 20.2.